The van der Waals surface area contributed by atoms with Crippen LogP contribution in [0.5, 0.6) is 11.5 Å². The predicted molar refractivity (Wildman–Crippen MR) is 98.1 cm³/mol. The molecule has 136 valence electrons. The summed E-state index contributed by atoms with van der Waals surface area (Å²) in [5.74, 6) is 1.64. The maximum atomic E-state index is 11.1. The molecule has 0 saturated carbocycles. The van der Waals surface area contributed by atoms with E-state index >= 15 is 0 Å². The molecule has 0 N–H and O–H groups in total. The van der Waals surface area contributed by atoms with Gasteiger partial charge in [-0.15, -0.1) is 0 Å². The molecule has 3 aromatic rings. The summed E-state index contributed by atoms with van der Waals surface area (Å²) in [5.41, 5.74) is 1.96. The number of hydrogen-bond acceptors (Lipinski definition) is 6. The van der Waals surface area contributed by atoms with Gasteiger partial charge >= 0.3 is 0 Å². The fourth-order valence-corrected chi connectivity index (χ4v) is 3.13. The zero-order chi connectivity index (χ0) is 18.6. The van der Waals surface area contributed by atoms with Crippen LogP contribution in [0.2, 0.25) is 0 Å². The van der Waals surface area contributed by atoms with Crippen molar-refractivity contribution in [1.29, 1.82) is 0 Å². The summed E-state index contributed by atoms with van der Waals surface area (Å²) >= 11 is 0. The molecule has 4 rings (SSSR count). The van der Waals surface area contributed by atoms with Gasteiger partial charge < -0.3 is 9.47 Å². The lowest BCUT2D eigenvalue weighted by atomic mass is 10.2. The Kier molecular flexibility index (Phi) is 5.39. The third-order valence-electron chi connectivity index (χ3n) is 3.82. The van der Waals surface area contributed by atoms with Gasteiger partial charge in [0, 0.05) is 11.6 Å². The van der Waals surface area contributed by atoms with E-state index < -0.39 is 10.1 Å². The molecule has 0 atom stereocenters. The van der Waals surface area contributed by atoms with Crippen LogP contribution in [-0.4, -0.2) is 33.7 Å². The number of nitrogens with zero attached hydrogens (tertiary/aromatic N) is 1. The molecule has 0 bridgehead atoms. The normalized spacial score (nSPS) is 13.0. The second-order valence-corrected chi connectivity index (χ2v) is 7.31. The van der Waals surface area contributed by atoms with Crippen molar-refractivity contribution in [2.45, 2.75) is 11.8 Å². The number of aryl methyl sites for hydroxylation is 1. The first-order valence-electron chi connectivity index (χ1n) is 8.02. The summed E-state index contributed by atoms with van der Waals surface area (Å²) in [6, 6.07) is 14.3. The van der Waals surface area contributed by atoms with Gasteiger partial charge in [-0.05, 0) is 43.3 Å². The molecule has 0 spiro atoms. The van der Waals surface area contributed by atoms with Crippen LogP contribution in [-0.2, 0) is 14.3 Å². The van der Waals surface area contributed by atoms with E-state index in [9.17, 15) is 8.42 Å². The smallest absolute Gasteiger partial charge is 0.296 e. The Bertz CT molecular complexity index is 1000. The topological polar surface area (TPSA) is 74.7 Å². The highest BCUT2D eigenvalue weighted by Gasteiger charge is 2.14. The Morgan fingerprint density at radius 1 is 1.00 bits per heavy atom. The molecule has 26 heavy (non-hydrogen) atoms. The van der Waals surface area contributed by atoms with Crippen molar-refractivity contribution in [2.75, 3.05) is 20.3 Å². The largest absolute Gasteiger partial charge is 0.486 e. The van der Waals surface area contributed by atoms with E-state index in [-0.39, 0.29) is 4.90 Å². The molecule has 6 nitrogen and oxygen atoms in total. The first kappa shape index (κ1) is 18.2. The fraction of sp³-hybridized carbons (Fsp3) is 0.211. The Morgan fingerprint density at radius 3 is 2.46 bits per heavy atom. The minimum atomic E-state index is -3.51. The standard InChI is InChI=1S/C11H9NO2.C8H10O3S/c1-2-8-9(12-5-1)3-4-10-11(8)14-7-6-13-10;1-7-3-5-8(6-4-7)12(9,10)11-2/h1-5H,6-7H2;3-6H,1-2H3. The van der Waals surface area contributed by atoms with Crippen molar-refractivity contribution in [3.05, 3.63) is 60.3 Å². The zero-order valence-corrected chi connectivity index (χ0v) is 15.3. The van der Waals surface area contributed by atoms with Crippen LogP contribution in [0.4, 0.5) is 0 Å². The van der Waals surface area contributed by atoms with Gasteiger partial charge in [0.05, 0.1) is 17.5 Å². The molecular weight excluding hydrogens is 354 g/mol. The summed E-state index contributed by atoms with van der Waals surface area (Å²) in [6.45, 7) is 3.13. The van der Waals surface area contributed by atoms with Gasteiger partial charge in [0.25, 0.3) is 10.1 Å². The van der Waals surface area contributed by atoms with Crippen LogP contribution < -0.4 is 9.47 Å². The van der Waals surface area contributed by atoms with E-state index in [1.807, 2.05) is 31.2 Å². The van der Waals surface area contributed by atoms with Gasteiger partial charge in [-0.25, -0.2) is 0 Å². The summed E-state index contributed by atoms with van der Waals surface area (Å²) < 4.78 is 37.6. The van der Waals surface area contributed by atoms with Crippen LogP contribution in [0.25, 0.3) is 10.9 Å². The molecule has 1 aliphatic heterocycles. The van der Waals surface area contributed by atoms with Crippen molar-refractivity contribution in [3.63, 3.8) is 0 Å². The molecule has 0 aliphatic carbocycles. The molecule has 0 radical (unpaired) electrons. The first-order valence-corrected chi connectivity index (χ1v) is 9.43. The maximum absolute atomic E-state index is 11.1. The first-order chi connectivity index (χ1) is 12.5. The van der Waals surface area contributed by atoms with E-state index in [1.54, 1.807) is 18.3 Å². The van der Waals surface area contributed by atoms with Gasteiger partial charge in [0.2, 0.25) is 0 Å². The Hall–Kier alpha value is -2.64. The van der Waals surface area contributed by atoms with Crippen molar-refractivity contribution in [3.8, 4) is 11.5 Å². The van der Waals surface area contributed by atoms with E-state index in [4.69, 9.17) is 9.47 Å². The van der Waals surface area contributed by atoms with Crippen LogP contribution in [0, 0.1) is 6.92 Å². The number of hydrogen-bond donors (Lipinski definition) is 0. The quantitative estimate of drug-likeness (QED) is 0.642. The number of ether oxygens (including phenoxy) is 2. The third-order valence-corrected chi connectivity index (χ3v) is 5.10. The molecular formula is C19H19NO5S. The minimum Gasteiger partial charge on any atom is -0.486 e. The van der Waals surface area contributed by atoms with Gasteiger partial charge in [-0.3, -0.25) is 9.17 Å². The average molecular weight is 373 g/mol. The molecule has 2 heterocycles. The lowest BCUT2D eigenvalue weighted by Crippen LogP contribution is -2.15. The van der Waals surface area contributed by atoms with Crippen LogP contribution in [0.3, 0.4) is 0 Å². The zero-order valence-electron chi connectivity index (χ0n) is 14.5. The van der Waals surface area contributed by atoms with Crippen molar-refractivity contribution >= 4 is 21.0 Å². The predicted octanol–water partition coefficient (Wildman–Crippen LogP) is 3.34. The Balaban J connectivity index is 0.000000153. The Labute approximate surface area is 152 Å². The van der Waals surface area contributed by atoms with Gasteiger partial charge in [0.15, 0.2) is 11.5 Å². The molecule has 0 amide bonds. The summed E-state index contributed by atoms with van der Waals surface area (Å²) in [4.78, 5) is 4.44. The highest BCUT2D eigenvalue weighted by atomic mass is 32.2. The number of benzene rings is 2. The van der Waals surface area contributed by atoms with Gasteiger partial charge in [-0.2, -0.15) is 8.42 Å². The number of fused-ring (bicyclic) bond motifs is 3. The fourth-order valence-electron chi connectivity index (χ4n) is 2.46. The third kappa shape index (κ3) is 3.95. The van der Waals surface area contributed by atoms with E-state index in [0.29, 0.717) is 13.2 Å². The minimum absolute atomic E-state index is 0.190. The van der Waals surface area contributed by atoms with E-state index in [2.05, 4.69) is 9.17 Å². The average Bonchev–Trinajstić information content (AvgIpc) is 2.69. The summed E-state index contributed by atoms with van der Waals surface area (Å²) in [5, 5.41) is 1.02. The van der Waals surface area contributed by atoms with E-state index in [1.165, 1.54) is 12.1 Å². The second kappa shape index (κ2) is 7.72. The van der Waals surface area contributed by atoms with Crippen LogP contribution in [0.1, 0.15) is 5.56 Å². The molecule has 1 aliphatic rings. The van der Waals surface area contributed by atoms with Gasteiger partial charge in [-0.1, -0.05) is 17.7 Å². The maximum Gasteiger partial charge on any atom is 0.296 e. The number of aromatic nitrogens is 1. The van der Waals surface area contributed by atoms with Crippen molar-refractivity contribution in [1.82, 2.24) is 4.98 Å². The highest BCUT2D eigenvalue weighted by Crippen LogP contribution is 2.36. The van der Waals surface area contributed by atoms with Gasteiger partial charge in [0.1, 0.15) is 13.2 Å². The van der Waals surface area contributed by atoms with Crippen LogP contribution in [0.15, 0.2) is 59.6 Å². The van der Waals surface area contributed by atoms with Crippen LogP contribution >= 0.6 is 0 Å². The lowest BCUT2D eigenvalue weighted by molar-refractivity contribution is 0.174. The monoisotopic (exact) mass is 373 g/mol. The molecule has 1 aromatic heterocycles. The number of pyridine rings is 1. The molecule has 0 unspecified atom stereocenters. The Morgan fingerprint density at radius 2 is 1.73 bits per heavy atom. The molecule has 2 aromatic carbocycles. The van der Waals surface area contributed by atoms with Crippen molar-refractivity contribution in [2.24, 2.45) is 0 Å². The summed E-state index contributed by atoms with van der Waals surface area (Å²) in [7, 11) is -2.37. The molecule has 0 saturated heterocycles. The van der Waals surface area contributed by atoms with Crippen molar-refractivity contribution < 1.29 is 22.1 Å². The van der Waals surface area contributed by atoms with E-state index in [0.717, 1.165) is 35.1 Å². The second-order valence-electron chi connectivity index (χ2n) is 5.59. The lowest BCUT2D eigenvalue weighted by Gasteiger charge is -2.19. The SMILES string of the molecule is COS(=O)(=O)c1ccc(C)cc1.c1cnc2ccc3c(c2c1)OCCO3. The number of rotatable bonds is 2. The highest BCUT2D eigenvalue weighted by molar-refractivity contribution is 7.86. The molecule has 0 fully saturated rings. The summed E-state index contributed by atoms with van der Waals surface area (Å²) in [6.07, 6.45) is 1.78. The molecule has 7 heteroatoms.